The fraction of sp³-hybridized carbons (Fsp3) is 0.167. The summed E-state index contributed by atoms with van der Waals surface area (Å²) in [5.41, 5.74) is 7.13. The Hall–Kier alpha value is -2.34. The highest BCUT2D eigenvalue weighted by molar-refractivity contribution is 5.52. The van der Waals surface area contributed by atoms with Gasteiger partial charge >= 0.3 is 0 Å². The number of hydrogen-bond acceptors (Lipinski definition) is 5. The molecule has 3 rings (SSSR count). The molecular weight excluding hydrogens is 230 g/mol. The molecule has 3 aromatic heterocycles. The third kappa shape index (κ3) is 1.93. The first-order valence-electron chi connectivity index (χ1n) is 5.63. The SMILES string of the molecule is Cc1ccc(Nc2ccc3nc(CN)cn3n2)o1. The fourth-order valence-electron chi connectivity index (χ4n) is 1.72. The van der Waals surface area contributed by atoms with Crippen LogP contribution in [0.15, 0.2) is 34.9 Å². The molecule has 0 saturated carbocycles. The Balaban J connectivity index is 1.92. The molecule has 3 N–H and O–H groups in total. The van der Waals surface area contributed by atoms with Crippen LogP contribution in [-0.4, -0.2) is 14.6 Å². The predicted molar refractivity (Wildman–Crippen MR) is 67.6 cm³/mol. The van der Waals surface area contributed by atoms with Gasteiger partial charge in [0.25, 0.3) is 0 Å². The molecule has 0 aliphatic carbocycles. The summed E-state index contributed by atoms with van der Waals surface area (Å²) in [6.45, 7) is 2.30. The van der Waals surface area contributed by atoms with Crippen LogP contribution >= 0.6 is 0 Å². The molecule has 0 unspecified atom stereocenters. The number of rotatable bonds is 3. The maximum absolute atomic E-state index is 5.54. The number of nitrogens with two attached hydrogens (primary N) is 1. The zero-order valence-electron chi connectivity index (χ0n) is 9.92. The Labute approximate surface area is 103 Å². The minimum atomic E-state index is 0.406. The Morgan fingerprint density at radius 2 is 2.22 bits per heavy atom. The van der Waals surface area contributed by atoms with Gasteiger partial charge in [-0.2, -0.15) is 0 Å². The van der Waals surface area contributed by atoms with Gasteiger partial charge in [-0.1, -0.05) is 0 Å². The number of aromatic nitrogens is 3. The highest BCUT2D eigenvalue weighted by Crippen LogP contribution is 2.17. The number of hydrogen-bond donors (Lipinski definition) is 2. The lowest BCUT2D eigenvalue weighted by atomic mass is 10.5. The van der Waals surface area contributed by atoms with Gasteiger partial charge < -0.3 is 15.5 Å². The summed E-state index contributed by atoms with van der Waals surface area (Å²) < 4.78 is 7.12. The van der Waals surface area contributed by atoms with Crippen molar-refractivity contribution in [2.75, 3.05) is 5.32 Å². The summed E-state index contributed by atoms with van der Waals surface area (Å²) in [5.74, 6) is 2.21. The van der Waals surface area contributed by atoms with E-state index in [1.807, 2.05) is 37.4 Å². The minimum absolute atomic E-state index is 0.406. The van der Waals surface area contributed by atoms with Crippen molar-refractivity contribution >= 4 is 17.3 Å². The molecule has 92 valence electrons. The van der Waals surface area contributed by atoms with E-state index in [1.54, 1.807) is 4.52 Å². The second kappa shape index (κ2) is 4.15. The van der Waals surface area contributed by atoms with Crippen LogP contribution in [0.3, 0.4) is 0 Å². The van der Waals surface area contributed by atoms with Crippen molar-refractivity contribution in [1.29, 1.82) is 0 Å². The van der Waals surface area contributed by atoms with Crippen molar-refractivity contribution in [3.63, 3.8) is 0 Å². The first kappa shape index (κ1) is 10.8. The van der Waals surface area contributed by atoms with Crippen LogP contribution in [0.2, 0.25) is 0 Å². The lowest BCUT2D eigenvalue weighted by molar-refractivity contribution is 0.550. The lowest BCUT2D eigenvalue weighted by Gasteiger charge is -2.01. The van der Waals surface area contributed by atoms with E-state index in [0.717, 1.165) is 17.1 Å². The Bertz CT molecular complexity index is 685. The lowest BCUT2D eigenvalue weighted by Crippen LogP contribution is -1.97. The van der Waals surface area contributed by atoms with E-state index in [2.05, 4.69) is 15.4 Å². The van der Waals surface area contributed by atoms with Gasteiger partial charge in [-0.15, -0.1) is 5.10 Å². The normalized spacial score (nSPS) is 11.0. The zero-order valence-corrected chi connectivity index (χ0v) is 9.92. The molecule has 0 spiro atoms. The van der Waals surface area contributed by atoms with Gasteiger partial charge in [-0.25, -0.2) is 9.50 Å². The van der Waals surface area contributed by atoms with Gasteiger partial charge in [-0.05, 0) is 25.1 Å². The molecule has 0 aromatic carbocycles. The maximum Gasteiger partial charge on any atom is 0.198 e. The minimum Gasteiger partial charge on any atom is -0.446 e. The second-order valence-corrected chi connectivity index (χ2v) is 3.99. The Morgan fingerprint density at radius 3 is 2.94 bits per heavy atom. The van der Waals surface area contributed by atoms with Crippen LogP contribution in [0.1, 0.15) is 11.5 Å². The van der Waals surface area contributed by atoms with Gasteiger partial charge in [0, 0.05) is 12.6 Å². The molecule has 3 aromatic rings. The highest BCUT2D eigenvalue weighted by Gasteiger charge is 2.04. The third-order valence-electron chi connectivity index (χ3n) is 2.57. The monoisotopic (exact) mass is 243 g/mol. The van der Waals surface area contributed by atoms with Gasteiger partial charge in [0.1, 0.15) is 5.76 Å². The summed E-state index contributed by atoms with van der Waals surface area (Å²) >= 11 is 0. The van der Waals surface area contributed by atoms with Crippen LogP contribution in [-0.2, 0) is 6.54 Å². The number of anilines is 2. The number of nitrogens with one attached hydrogen (secondary N) is 1. The van der Waals surface area contributed by atoms with Crippen LogP contribution < -0.4 is 11.1 Å². The first-order chi connectivity index (χ1) is 8.74. The predicted octanol–water partition coefficient (Wildman–Crippen LogP) is 1.83. The molecular formula is C12H13N5O. The van der Waals surface area contributed by atoms with E-state index in [-0.39, 0.29) is 0 Å². The average molecular weight is 243 g/mol. The van der Waals surface area contributed by atoms with Gasteiger partial charge in [-0.3, -0.25) is 0 Å². The van der Waals surface area contributed by atoms with Crippen molar-refractivity contribution in [3.05, 3.63) is 41.9 Å². The van der Waals surface area contributed by atoms with Crippen molar-refractivity contribution in [3.8, 4) is 0 Å². The van der Waals surface area contributed by atoms with Crippen LogP contribution in [0, 0.1) is 6.92 Å². The summed E-state index contributed by atoms with van der Waals surface area (Å²) in [5, 5.41) is 7.46. The van der Waals surface area contributed by atoms with Gasteiger partial charge in [0.05, 0.1) is 11.9 Å². The summed E-state index contributed by atoms with van der Waals surface area (Å²) in [6.07, 6.45) is 1.81. The number of fused-ring (bicyclic) bond motifs is 1. The molecule has 0 bridgehead atoms. The topological polar surface area (TPSA) is 81.4 Å². The van der Waals surface area contributed by atoms with Gasteiger partial charge in [0.2, 0.25) is 0 Å². The quantitative estimate of drug-likeness (QED) is 0.733. The van der Waals surface area contributed by atoms with Crippen molar-refractivity contribution in [2.24, 2.45) is 5.73 Å². The molecule has 0 amide bonds. The van der Waals surface area contributed by atoms with Gasteiger partial charge in [0.15, 0.2) is 17.3 Å². The summed E-state index contributed by atoms with van der Waals surface area (Å²) in [6, 6.07) is 7.48. The van der Waals surface area contributed by atoms with Crippen molar-refractivity contribution in [1.82, 2.24) is 14.6 Å². The van der Waals surface area contributed by atoms with E-state index in [0.29, 0.717) is 18.2 Å². The van der Waals surface area contributed by atoms with Crippen molar-refractivity contribution < 1.29 is 4.42 Å². The molecule has 6 nitrogen and oxygen atoms in total. The molecule has 0 fully saturated rings. The zero-order chi connectivity index (χ0) is 12.5. The number of aryl methyl sites for hydroxylation is 1. The highest BCUT2D eigenvalue weighted by atomic mass is 16.4. The van der Waals surface area contributed by atoms with Crippen molar-refractivity contribution in [2.45, 2.75) is 13.5 Å². The molecule has 18 heavy (non-hydrogen) atoms. The molecule has 0 atom stereocenters. The molecule has 6 heteroatoms. The van der Waals surface area contributed by atoms with Crippen LogP contribution in [0.25, 0.3) is 5.65 Å². The standard InChI is InChI=1S/C12H13N5O/c1-8-2-5-12(18-8)15-10-3-4-11-14-9(6-13)7-17(11)16-10/h2-5,7H,6,13H2,1H3,(H,15,16). The Morgan fingerprint density at radius 1 is 1.33 bits per heavy atom. The Kier molecular flexibility index (Phi) is 2.49. The molecule has 3 heterocycles. The summed E-state index contributed by atoms with van der Waals surface area (Å²) in [7, 11) is 0. The fourth-order valence-corrected chi connectivity index (χ4v) is 1.72. The molecule has 0 saturated heterocycles. The van der Waals surface area contributed by atoms with E-state index in [9.17, 15) is 0 Å². The number of furan rings is 1. The van der Waals surface area contributed by atoms with E-state index in [1.165, 1.54) is 0 Å². The van der Waals surface area contributed by atoms with Crippen LogP contribution in [0.5, 0.6) is 0 Å². The molecule has 0 aliphatic heterocycles. The van der Waals surface area contributed by atoms with Crippen LogP contribution in [0.4, 0.5) is 11.7 Å². The number of nitrogens with zero attached hydrogens (tertiary/aromatic N) is 3. The number of imidazole rings is 1. The smallest absolute Gasteiger partial charge is 0.198 e. The maximum atomic E-state index is 5.54. The van der Waals surface area contributed by atoms with E-state index < -0.39 is 0 Å². The first-order valence-corrected chi connectivity index (χ1v) is 5.63. The summed E-state index contributed by atoms with van der Waals surface area (Å²) in [4.78, 5) is 4.31. The average Bonchev–Trinajstić information content (AvgIpc) is 2.94. The molecule has 0 radical (unpaired) electrons. The second-order valence-electron chi connectivity index (χ2n) is 3.99. The largest absolute Gasteiger partial charge is 0.446 e. The third-order valence-corrected chi connectivity index (χ3v) is 2.57. The van der Waals surface area contributed by atoms with E-state index in [4.69, 9.17) is 10.2 Å². The van der Waals surface area contributed by atoms with E-state index >= 15 is 0 Å². The molecule has 0 aliphatic rings.